The Morgan fingerprint density at radius 3 is 2.02 bits per heavy atom. The van der Waals surface area contributed by atoms with Crippen LogP contribution in [0.5, 0.6) is 5.75 Å². The first-order valence-corrected chi connectivity index (χ1v) is 18.5. The van der Waals surface area contributed by atoms with Gasteiger partial charge < -0.3 is 26.2 Å². The second-order valence-corrected chi connectivity index (χ2v) is 13.5. The van der Waals surface area contributed by atoms with Crippen LogP contribution in [-0.4, -0.2) is 58.1 Å². The lowest BCUT2D eigenvalue weighted by atomic mass is 10.0. The maximum atomic E-state index is 13.5. The maximum absolute atomic E-state index is 13.5. The van der Waals surface area contributed by atoms with Gasteiger partial charge in [0, 0.05) is 35.5 Å². The van der Waals surface area contributed by atoms with Gasteiger partial charge in [-0.2, -0.15) is 0 Å². The number of rotatable bonds is 21. The van der Waals surface area contributed by atoms with E-state index < -0.39 is 29.9 Å². The van der Waals surface area contributed by atoms with E-state index in [1.54, 1.807) is 24.5 Å². The van der Waals surface area contributed by atoms with Crippen LogP contribution in [0.15, 0.2) is 85.2 Å². The fraction of sp³-hybridized carbons (Fsp3) is 0.405. The summed E-state index contributed by atoms with van der Waals surface area (Å²) in [7, 11) is 0. The van der Waals surface area contributed by atoms with E-state index in [9.17, 15) is 19.5 Å². The van der Waals surface area contributed by atoms with E-state index in [0.717, 1.165) is 46.6 Å². The Labute approximate surface area is 307 Å². The number of carbonyl (C=O) groups is 3. The SMILES string of the molecule is CCCCCCCOc1ccc(-c2cnc(-c3ccc(C[C@H](NC(=O)c4ccc(C(C)C)cc4)C(=O)N[C@@H](CCCCN)C(=O)O)cc3)nc2)cc1. The molecule has 4 rings (SSSR count). The minimum absolute atomic E-state index is 0.148. The van der Waals surface area contributed by atoms with Gasteiger partial charge in [0.1, 0.15) is 17.8 Å². The van der Waals surface area contributed by atoms with Gasteiger partial charge in [-0.25, -0.2) is 14.8 Å². The van der Waals surface area contributed by atoms with Crippen molar-refractivity contribution in [3.05, 3.63) is 102 Å². The Morgan fingerprint density at radius 1 is 0.750 bits per heavy atom. The van der Waals surface area contributed by atoms with Crippen molar-refractivity contribution in [2.75, 3.05) is 13.2 Å². The summed E-state index contributed by atoms with van der Waals surface area (Å²) < 4.78 is 5.89. The van der Waals surface area contributed by atoms with Gasteiger partial charge in [0.25, 0.3) is 5.91 Å². The lowest BCUT2D eigenvalue weighted by Gasteiger charge is -2.22. The zero-order chi connectivity index (χ0) is 37.3. The van der Waals surface area contributed by atoms with Gasteiger partial charge in [-0.3, -0.25) is 9.59 Å². The molecule has 0 bridgehead atoms. The van der Waals surface area contributed by atoms with E-state index in [0.29, 0.717) is 36.7 Å². The highest BCUT2D eigenvalue weighted by Gasteiger charge is 2.27. The van der Waals surface area contributed by atoms with Crippen LogP contribution in [0.3, 0.4) is 0 Å². The number of hydrogen-bond donors (Lipinski definition) is 4. The molecule has 0 unspecified atom stereocenters. The number of amides is 2. The van der Waals surface area contributed by atoms with E-state index in [1.807, 2.05) is 60.7 Å². The maximum Gasteiger partial charge on any atom is 0.326 e. The molecule has 0 aliphatic carbocycles. The second-order valence-electron chi connectivity index (χ2n) is 13.5. The normalized spacial score (nSPS) is 12.2. The van der Waals surface area contributed by atoms with Crippen molar-refractivity contribution >= 4 is 17.8 Å². The van der Waals surface area contributed by atoms with E-state index in [4.69, 9.17) is 10.5 Å². The molecule has 10 heteroatoms. The predicted molar refractivity (Wildman–Crippen MR) is 205 cm³/mol. The van der Waals surface area contributed by atoms with Crippen molar-refractivity contribution in [1.29, 1.82) is 0 Å². The van der Waals surface area contributed by atoms with Crippen LogP contribution in [0.25, 0.3) is 22.5 Å². The summed E-state index contributed by atoms with van der Waals surface area (Å²) >= 11 is 0. The zero-order valence-electron chi connectivity index (χ0n) is 30.6. The molecule has 52 heavy (non-hydrogen) atoms. The number of unbranched alkanes of at least 4 members (excludes halogenated alkanes) is 5. The molecule has 5 N–H and O–H groups in total. The smallest absolute Gasteiger partial charge is 0.326 e. The van der Waals surface area contributed by atoms with Crippen molar-refractivity contribution in [2.24, 2.45) is 5.73 Å². The molecule has 276 valence electrons. The average molecular weight is 708 g/mol. The topological polar surface area (TPSA) is 157 Å². The average Bonchev–Trinajstić information content (AvgIpc) is 3.16. The number of aromatic nitrogens is 2. The van der Waals surface area contributed by atoms with E-state index in [1.165, 1.54) is 25.7 Å². The number of nitrogens with one attached hydrogen (secondary N) is 2. The highest BCUT2D eigenvalue weighted by Crippen LogP contribution is 2.24. The molecular formula is C42H53N5O5. The Kier molecular flexibility index (Phi) is 15.8. The van der Waals surface area contributed by atoms with Crippen molar-refractivity contribution in [1.82, 2.24) is 20.6 Å². The first-order chi connectivity index (χ1) is 25.2. The summed E-state index contributed by atoms with van der Waals surface area (Å²) in [5.74, 6) is -0.424. The Morgan fingerprint density at radius 2 is 1.40 bits per heavy atom. The van der Waals surface area contributed by atoms with E-state index in [2.05, 4.69) is 41.4 Å². The molecule has 4 aromatic rings. The highest BCUT2D eigenvalue weighted by atomic mass is 16.5. The quantitative estimate of drug-likeness (QED) is 0.0657. The van der Waals surface area contributed by atoms with Gasteiger partial charge in [0.15, 0.2) is 5.82 Å². The summed E-state index contributed by atoms with van der Waals surface area (Å²) in [6.45, 7) is 7.50. The van der Waals surface area contributed by atoms with Crippen LogP contribution in [0, 0.1) is 0 Å². The fourth-order valence-electron chi connectivity index (χ4n) is 5.78. The monoisotopic (exact) mass is 707 g/mol. The van der Waals surface area contributed by atoms with Crippen molar-refractivity contribution in [3.8, 4) is 28.3 Å². The van der Waals surface area contributed by atoms with Crippen LogP contribution in [-0.2, 0) is 16.0 Å². The predicted octanol–water partition coefficient (Wildman–Crippen LogP) is 7.32. The number of nitrogens with two attached hydrogens (primary N) is 1. The number of ether oxygens (including phenoxy) is 1. The number of aliphatic carboxylic acids is 1. The van der Waals surface area contributed by atoms with Crippen molar-refractivity contribution in [2.45, 2.75) is 96.6 Å². The number of benzene rings is 3. The molecule has 3 aromatic carbocycles. The summed E-state index contributed by atoms with van der Waals surface area (Å²) in [5, 5.41) is 15.2. The Balaban J connectivity index is 1.42. The Hall–Kier alpha value is -5.09. The molecule has 2 atom stereocenters. The highest BCUT2D eigenvalue weighted by molar-refractivity contribution is 5.98. The largest absolute Gasteiger partial charge is 0.494 e. The number of carboxylic acids is 1. The molecule has 0 aliphatic rings. The van der Waals surface area contributed by atoms with Gasteiger partial charge in [-0.05, 0) is 79.1 Å². The van der Waals surface area contributed by atoms with Gasteiger partial charge in [0.05, 0.1) is 6.61 Å². The van der Waals surface area contributed by atoms with Crippen molar-refractivity contribution < 1.29 is 24.2 Å². The Bertz CT molecular complexity index is 1690. The standard InChI is InChI=1S/C42H53N5O5/c1-4-5-6-7-10-25-52-36-22-20-32(21-23-36)35-27-44-39(45-28-35)33-14-12-30(13-15-33)26-38(41(49)46-37(42(50)51)11-8-9-24-43)47-40(48)34-18-16-31(17-19-34)29(2)3/h12-23,27-29,37-38H,4-11,24-26,43H2,1-3H3,(H,46,49)(H,47,48)(H,50,51)/t37-,38-/m0/s1. The summed E-state index contributed by atoms with van der Waals surface area (Å²) in [6.07, 6.45) is 11.2. The molecule has 10 nitrogen and oxygen atoms in total. The number of hydrogen-bond acceptors (Lipinski definition) is 7. The fourth-order valence-corrected chi connectivity index (χ4v) is 5.78. The zero-order valence-corrected chi connectivity index (χ0v) is 30.6. The lowest BCUT2D eigenvalue weighted by molar-refractivity contribution is -0.142. The van der Waals surface area contributed by atoms with E-state index in [-0.39, 0.29) is 12.8 Å². The van der Waals surface area contributed by atoms with E-state index >= 15 is 0 Å². The number of nitrogens with zero attached hydrogens (tertiary/aromatic N) is 2. The summed E-state index contributed by atoms with van der Waals surface area (Å²) in [6, 6.07) is 20.5. The van der Waals surface area contributed by atoms with Gasteiger partial charge in [-0.1, -0.05) is 95.0 Å². The van der Waals surface area contributed by atoms with Crippen LogP contribution in [0.2, 0.25) is 0 Å². The molecule has 1 heterocycles. The molecule has 0 fully saturated rings. The molecule has 0 spiro atoms. The van der Waals surface area contributed by atoms with Crippen LogP contribution >= 0.6 is 0 Å². The number of carbonyl (C=O) groups excluding carboxylic acids is 2. The first kappa shape index (κ1) is 39.7. The van der Waals surface area contributed by atoms with Gasteiger partial charge >= 0.3 is 5.97 Å². The first-order valence-electron chi connectivity index (χ1n) is 18.5. The molecule has 0 saturated carbocycles. The van der Waals surface area contributed by atoms with Crippen LogP contribution in [0.4, 0.5) is 0 Å². The summed E-state index contributed by atoms with van der Waals surface area (Å²) in [5.41, 5.74) is 10.5. The molecular weight excluding hydrogens is 654 g/mol. The minimum atomic E-state index is -1.13. The van der Waals surface area contributed by atoms with Crippen molar-refractivity contribution in [3.63, 3.8) is 0 Å². The third-order valence-electron chi connectivity index (χ3n) is 9.03. The third-order valence-corrected chi connectivity index (χ3v) is 9.03. The molecule has 1 aromatic heterocycles. The minimum Gasteiger partial charge on any atom is -0.494 e. The third kappa shape index (κ3) is 12.3. The van der Waals surface area contributed by atoms with Crippen LogP contribution < -0.4 is 21.1 Å². The molecule has 0 saturated heterocycles. The summed E-state index contributed by atoms with van der Waals surface area (Å²) in [4.78, 5) is 47.9. The number of carboxylic acid groups (broad SMARTS) is 1. The molecule has 2 amide bonds. The second kappa shape index (κ2) is 20.7. The van der Waals surface area contributed by atoms with Gasteiger partial charge in [0.2, 0.25) is 5.91 Å². The lowest BCUT2D eigenvalue weighted by Crippen LogP contribution is -2.52. The molecule has 0 radical (unpaired) electrons. The van der Waals surface area contributed by atoms with Crippen LogP contribution in [0.1, 0.15) is 99.5 Å². The molecule has 0 aliphatic heterocycles. The van der Waals surface area contributed by atoms with Gasteiger partial charge in [-0.15, -0.1) is 0 Å².